The number of carbonyl (C=O) groups excluding carboxylic acids is 2. The fraction of sp³-hybridized carbons (Fsp3) is 0.310. The Kier molecular flexibility index (Phi) is 9.20. The predicted molar refractivity (Wildman–Crippen MR) is 145 cm³/mol. The van der Waals surface area contributed by atoms with Gasteiger partial charge >= 0.3 is 0 Å². The highest BCUT2D eigenvalue weighted by molar-refractivity contribution is 5.99. The number of aliphatic hydroxyl groups excluding tert-OH is 1. The van der Waals surface area contributed by atoms with Gasteiger partial charge in [-0.05, 0) is 55.2 Å². The first-order valence-corrected chi connectivity index (χ1v) is 12.8. The van der Waals surface area contributed by atoms with Gasteiger partial charge in [0.25, 0.3) is 5.91 Å². The number of likely N-dealkylation sites (tertiary alicyclic amines) is 1. The van der Waals surface area contributed by atoms with Crippen LogP contribution in [0, 0.1) is 17.1 Å². The van der Waals surface area contributed by atoms with E-state index in [4.69, 9.17) is 5.73 Å². The molecule has 2 heterocycles. The lowest BCUT2D eigenvalue weighted by Crippen LogP contribution is -2.50. The Morgan fingerprint density at radius 3 is 2.79 bits per heavy atom. The molecule has 0 spiro atoms. The van der Waals surface area contributed by atoms with Gasteiger partial charge in [0.2, 0.25) is 5.91 Å². The van der Waals surface area contributed by atoms with Crippen LogP contribution < -0.4 is 16.4 Å². The van der Waals surface area contributed by atoms with Crippen LogP contribution in [0.4, 0.5) is 10.2 Å². The standard InChI is InChI=1S/C29H31FN6O3/c30-21-7-3-5-19(15-21)12-13-33-27-24(10-11-26(35-27)23-9-2-1-6-20(23)16-31)28(38)34-17-22-8-4-14-36(22)29(39)25(32)18-37/h1-3,5-7,9-11,15,22,25,37H,4,8,12-14,17-18,32H2,(H,33,35)(H,34,38)/t22-,25+/m1/s1. The summed E-state index contributed by atoms with van der Waals surface area (Å²) in [6, 6.07) is 17.7. The van der Waals surface area contributed by atoms with E-state index in [1.165, 1.54) is 12.1 Å². The monoisotopic (exact) mass is 530 g/mol. The Bertz CT molecular complexity index is 1380. The zero-order valence-corrected chi connectivity index (χ0v) is 21.4. The van der Waals surface area contributed by atoms with E-state index in [2.05, 4.69) is 21.7 Å². The Balaban J connectivity index is 1.53. The maximum absolute atomic E-state index is 13.6. The van der Waals surface area contributed by atoms with Crippen molar-refractivity contribution < 1.29 is 19.1 Å². The maximum Gasteiger partial charge on any atom is 0.255 e. The second kappa shape index (κ2) is 13.0. The molecule has 2 aromatic carbocycles. The molecule has 0 unspecified atom stereocenters. The highest BCUT2D eigenvalue weighted by atomic mass is 19.1. The molecule has 1 fully saturated rings. The van der Waals surface area contributed by atoms with Crippen molar-refractivity contribution in [3.05, 3.63) is 83.2 Å². The van der Waals surface area contributed by atoms with Crippen molar-refractivity contribution in [1.82, 2.24) is 15.2 Å². The van der Waals surface area contributed by atoms with Crippen molar-refractivity contribution in [2.75, 3.05) is 31.6 Å². The van der Waals surface area contributed by atoms with E-state index in [0.29, 0.717) is 54.1 Å². The number of carbonyl (C=O) groups is 2. The van der Waals surface area contributed by atoms with Gasteiger partial charge in [-0.25, -0.2) is 9.37 Å². The molecule has 0 radical (unpaired) electrons. The highest BCUT2D eigenvalue weighted by Crippen LogP contribution is 2.25. The summed E-state index contributed by atoms with van der Waals surface area (Å²) in [4.78, 5) is 32.1. The average molecular weight is 531 g/mol. The molecule has 10 heteroatoms. The first-order valence-electron chi connectivity index (χ1n) is 12.8. The van der Waals surface area contributed by atoms with Crippen LogP contribution in [0.5, 0.6) is 0 Å². The fourth-order valence-corrected chi connectivity index (χ4v) is 4.68. The number of rotatable bonds is 10. The molecule has 202 valence electrons. The number of pyridine rings is 1. The van der Waals surface area contributed by atoms with Crippen molar-refractivity contribution in [2.24, 2.45) is 5.73 Å². The second-order valence-corrected chi connectivity index (χ2v) is 9.38. The SMILES string of the molecule is N#Cc1ccccc1-c1ccc(C(=O)NC[C@H]2CCCN2C(=O)[C@@H](N)CO)c(NCCc2cccc(F)c2)n1. The third kappa shape index (κ3) is 6.76. The molecule has 1 aromatic heterocycles. The predicted octanol–water partition coefficient (Wildman–Crippen LogP) is 2.45. The van der Waals surface area contributed by atoms with E-state index in [1.54, 1.807) is 41.3 Å². The molecule has 0 saturated carbocycles. The Morgan fingerprint density at radius 1 is 1.21 bits per heavy atom. The molecule has 1 aliphatic rings. The number of amides is 2. The van der Waals surface area contributed by atoms with E-state index < -0.39 is 12.6 Å². The smallest absolute Gasteiger partial charge is 0.255 e. The summed E-state index contributed by atoms with van der Waals surface area (Å²) in [6.45, 7) is 0.703. The number of aliphatic hydroxyl groups is 1. The third-order valence-corrected chi connectivity index (χ3v) is 6.73. The minimum atomic E-state index is -0.983. The summed E-state index contributed by atoms with van der Waals surface area (Å²) in [7, 11) is 0. The number of hydrogen-bond acceptors (Lipinski definition) is 7. The fourth-order valence-electron chi connectivity index (χ4n) is 4.68. The van der Waals surface area contributed by atoms with Gasteiger partial charge in [0.1, 0.15) is 17.7 Å². The number of anilines is 1. The van der Waals surface area contributed by atoms with Crippen LogP contribution in [0.1, 0.15) is 34.3 Å². The van der Waals surface area contributed by atoms with Gasteiger partial charge in [-0.2, -0.15) is 5.26 Å². The van der Waals surface area contributed by atoms with E-state index in [1.807, 2.05) is 12.1 Å². The van der Waals surface area contributed by atoms with Crippen molar-refractivity contribution in [3.63, 3.8) is 0 Å². The molecular formula is C29H31FN6O3. The van der Waals surface area contributed by atoms with Gasteiger partial charge in [-0.3, -0.25) is 9.59 Å². The third-order valence-electron chi connectivity index (χ3n) is 6.73. The first-order chi connectivity index (χ1) is 18.9. The molecule has 1 saturated heterocycles. The molecule has 1 aliphatic heterocycles. The van der Waals surface area contributed by atoms with Crippen LogP contribution >= 0.6 is 0 Å². The molecule has 2 atom stereocenters. The Hall–Kier alpha value is -4.33. The molecule has 9 nitrogen and oxygen atoms in total. The molecular weight excluding hydrogens is 499 g/mol. The van der Waals surface area contributed by atoms with E-state index >= 15 is 0 Å². The van der Waals surface area contributed by atoms with Gasteiger partial charge < -0.3 is 26.4 Å². The van der Waals surface area contributed by atoms with E-state index in [9.17, 15) is 24.3 Å². The van der Waals surface area contributed by atoms with Crippen LogP contribution in [-0.4, -0.2) is 65.1 Å². The van der Waals surface area contributed by atoms with Crippen molar-refractivity contribution >= 4 is 17.6 Å². The Morgan fingerprint density at radius 2 is 2.03 bits per heavy atom. The minimum Gasteiger partial charge on any atom is -0.394 e. The summed E-state index contributed by atoms with van der Waals surface area (Å²) >= 11 is 0. The van der Waals surface area contributed by atoms with E-state index in [0.717, 1.165) is 12.0 Å². The van der Waals surface area contributed by atoms with Crippen molar-refractivity contribution in [2.45, 2.75) is 31.3 Å². The minimum absolute atomic E-state index is 0.224. The van der Waals surface area contributed by atoms with Gasteiger partial charge in [0.05, 0.1) is 29.5 Å². The summed E-state index contributed by atoms with van der Waals surface area (Å²) in [5.74, 6) is -0.700. The average Bonchev–Trinajstić information content (AvgIpc) is 3.43. The number of nitriles is 1. The first kappa shape index (κ1) is 27.7. The van der Waals surface area contributed by atoms with Crippen molar-refractivity contribution in [1.29, 1.82) is 5.26 Å². The molecule has 0 bridgehead atoms. The molecule has 0 aliphatic carbocycles. The quantitative estimate of drug-likeness (QED) is 0.315. The molecule has 4 rings (SSSR count). The lowest BCUT2D eigenvalue weighted by molar-refractivity contribution is -0.134. The molecule has 39 heavy (non-hydrogen) atoms. The second-order valence-electron chi connectivity index (χ2n) is 9.38. The maximum atomic E-state index is 13.6. The van der Waals surface area contributed by atoms with E-state index in [-0.39, 0.29) is 30.2 Å². The number of nitrogens with zero attached hydrogens (tertiary/aromatic N) is 3. The van der Waals surface area contributed by atoms with Crippen LogP contribution in [0.3, 0.4) is 0 Å². The lowest BCUT2D eigenvalue weighted by atomic mass is 10.0. The molecule has 5 N–H and O–H groups in total. The zero-order valence-electron chi connectivity index (χ0n) is 21.4. The zero-order chi connectivity index (χ0) is 27.8. The Labute approximate surface area is 226 Å². The molecule has 2 amide bonds. The largest absolute Gasteiger partial charge is 0.394 e. The number of nitrogens with two attached hydrogens (primary N) is 1. The summed E-state index contributed by atoms with van der Waals surface area (Å²) in [5.41, 5.74) is 8.45. The molecule has 3 aromatic rings. The number of benzene rings is 2. The lowest BCUT2D eigenvalue weighted by Gasteiger charge is -2.27. The van der Waals surface area contributed by atoms with Crippen LogP contribution in [0.2, 0.25) is 0 Å². The van der Waals surface area contributed by atoms with Gasteiger partial charge in [0, 0.05) is 31.2 Å². The summed E-state index contributed by atoms with van der Waals surface area (Å²) in [5, 5.41) is 24.9. The number of nitrogens with one attached hydrogen (secondary N) is 2. The summed E-state index contributed by atoms with van der Waals surface area (Å²) < 4.78 is 13.6. The number of aromatic nitrogens is 1. The van der Waals surface area contributed by atoms with Gasteiger partial charge in [-0.1, -0.05) is 30.3 Å². The van der Waals surface area contributed by atoms with Crippen molar-refractivity contribution in [3.8, 4) is 17.3 Å². The topological polar surface area (TPSA) is 144 Å². The normalized spacial score (nSPS) is 15.4. The van der Waals surface area contributed by atoms with Crippen LogP contribution in [0.15, 0.2) is 60.7 Å². The van der Waals surface area contributed by atoms with Gasteiger partial charge in [0.15, 0.2) is 0 Å². The number of halogens is 1. The summed E-state index contributed by atoms with van der Waals surface area (Å²) in [6.07, 6.45) is 2.00. The van der Waals surface area contributed by atoms with Crippen LogP contribution in [0.25, 0.3) is 11.3 Å². The highest BCUT2D eigenvalue weighted by Gasteiger charge is 2.31. The van der Waals surface area contributed by atoms with Gasteiger partial charge in [-0.15, -0.1) is 0 Å². The van der Waals surface area contributed by atoms with Crippen LogP contribution in [-0.2, 0) is 11.2 Å². The number of hydrogen-bond donors (Lipinski definition) is 4.